The van der Waals surface area contributed by atoms with E-state index in [2.05, 4.69) is 14.5 Å². The smallest absolute Gasteiger partial charge is 0.422 e. The molecule has 0 aliphatic heterocycles. The molecule has 0 amide bonds. The van der Waals surface area contributed by atoms with E-state index in [-0.39, 0.29) is 0 Å². The van der Waals surface area contributed by atoms with E-state index in [1.54, 1.807) is 0 Å². The van der Waals surface area contributed by atoms with Crippen molar-refractivity contribution < 1.29 is 110 Å². The van der Waals surface area contributed by atoms with Crippen molar-refractivity contribution in [3.8, 4) is 12.0 Å². The van der Waals surface area contributed by atoms with Gasteiger partial charge in [0.1, 0.15) is 0 Å². The van der Waals surface area contributed by atoms with Gasteiger partial charge in [0.15, 0.2) is 13.2 Å². The standard InChI is InChI=1S/C20H6F23N3O2/c21-12(22,23)3-47-10-44-9(45-11(46-10)48-4-13(24,25)26)15(29,30)20(42,43)19(40,41)14(27,28)5-1-6(16(31,32)33)8(18(37,38)39)7(2-5)17(34,35)36/h1-2H,3-4H2. The fraction of sp³-hybridized carbons (Fsp3) is 0.550. The van der Waals surface area contributed by atoms with Crippen LogP contribution < -0.4 is 9.47 Å². The van der Waals surface area contributed by atoms with Gasteiger partial charge < -0.3 is 9.47 Å². The molecule has 0 saturated heterocycles. The molecule has 2 rings (SSSR count). The van der Waals surface area contributed by atoms with Crippen LogP contribution >= 0.6 is 0 Å². The highest BCUT2D eigenvalue weighted by molar-refractivity contribution is 5.46. The highest BCUT2D eigenvalue weighted by atomic mass is 19.4. The summed E-state index contributed by atoms with van der Waals surface area (Å²) >= 11 is 0. The van der Waals surface area contributed by atoms with Gasteiger partial charge in [-0.1, -0.05) is 0 Å². The van der Waals surface area contributed by atoms with Gasteiger partial charge in [0.25, 0.3) is 0 Å². The molecule has 0 bridgehead atoms. The second-order valence-corrected chi connectivity index (χ2v) is 8.77. The summed E-state index contributed by atoms with van der Waals surface area (Å²) in [5.74, 6) is -34.1. The first-order valence-corrected chi connectivity index (χ1v) is 11.0. The third kappa shape index (κ3) is 8.25. The first kappa shape index (κ1) is 40.4. The van der Waals surface area contributed by atoms with E-state index in [1.165, 1.54) is 0 Å². The minimum Gasteiger partial charge on any atom is -0.454 e. The van der Waals surface area contributed by atoms with Crippen LogP contribution in [0.2, 0.25) is 0 Å². The number of hydrogen-bond acceptors (Lipinski definition) is 5. The van der Waals surface area contributed by atoms with Gasteiger partial charge in [0, 0.05) is 5.56 Å². The normalized spacial score (nSPS) is 14.7. The number of alkyl halides is 23. The third-order valence-electron chi connectivity index (χ3n) is 5.18. The average molecular weight is 757 g/mol. The summed E-state index contributed by atoms with van der Waals surface area (Å²) in [5.41, 5.74) is -15.2. The zero-order chi connectivity index (χ0) is 37.9. The Labute approximate surface area is 246 Å². The van der Waals surface area contributed by atoms with Crippen LogP contribution in [0.25, 0.3) is 0 Å². The molecule has 1 aromatic heterocycles. The Hall–Kier alpha value is -3.78. The van der Waals surface area contributed by atoms with Crippen LogP contribution in [0.3, 0.4) is 0 Å². The summed E-state index contributed by atoms with van der Waals surface area (Å²) < 4.78 is 318. The summed E-state index contributed by atoms with van der Waals surface area (Å²) in [6.45, 7) is -5.38. The van der Waals surface area contributed by atoms with E-state index in [9.17, 15) is 101 Å². The Bertz CT molecular complexity index is 1400. The van der Waals surface area contributed by atoms with Crippen LogP contribution in [0, 0.1) is 0 Å². The van der Waals surface area contributed by atoms with E-state index >= 15 is 0 Å². The van der Waals surface area contributed by atoms with Gasteiger partial charge in [-0.25, -0.2) is 0 Å². The summed E-state index contributed by atoms with van der Waals surface area (Å²) in [4.78, 5) is 6.37. The van der Waals surface area contributed by atoms with Crippen LogP contribution in [-0.2, 0) is 30.4 Å². The lowest BCUT2D eigenvalue weighted by atomic mass is 9.88. The van der Waals surface area contributed by atoms with Gasteiger partial charge in [0.2, 0.25) is 5.82 Å². The molecule has 0 N–H and O–H groups in total. The SMILES string of the molecule is FC(F)(F)COc1nc(OCC(F)(F)F)nc(C(F)(F)C(F)(F)C(F)(F)C(F)(F)c2cc(C(F)(F)F)c(C(F)(F)F)c(C(F)(F)F)c2)n1. The molecule has 5 nitrogen and oxygen atoms in total. The number of ether oxygens (including phenoxy) is 2. The highest BCUT2D eigenvalue weighted by Crippen LogP contribution is 2.60. The highest BCUT2D eigenvalue weighted by Gasteiger charge is 2.82. The lowest BCUT2D eigenvalue weighted by Gasteiger charge is -2.36. The summed E-state index contributed by atoms with van der Waals surface area (Å²) in [6, 6.07) is -8.41. The first-order chi connectivity index (χ1) is 21.0. The molecule has 28 heteroatoms. The van der Waals surface area contributed by atoms with Gasteiger partial charge >= 0.3 is 66.6 Å². The largest absolute Gasteiger partial charge is 0.454 e. The van der Waals surface area contributed by atoms with Gasteiger partial charge in [-0.2, -0.15) is 111 Å². The molecule has 48 heavy (non-hydrogen) atoms. The van der Waals surface area contributed by atoms with Crippen molar-refractivity contribution in [3.63, 3.8) is 0 Å². The van der Waals surface area contributed by atoms with Gasteiger partial charge in [-0.3, -0.25) is 0 Å². The van der Waals surface area contributed by atoms with Crippen molar-refractivity contribution in [1.29, 1.82) is 0 Å². The minimum atomic E-state index is -8.03. The Balaban J connectivity index is 2.86. The molecule has 0 spiro atoms. The van der Waals surface area contributed by atoms with Crippen LogP contribution in [-0.4, -0.2) is 52.4 Å². The number of aromatic nitrogens is 3. The second kappa shape index (κ2) is 12.0. The van der Waals surface area contributed by atoms with Gasteiger partial charge in [-0.15, -0.1) is 4.98 Å². The molecule has 1 aromatic carbocycles. The van der Waals surface area contributed by atoms with Crippen molar-refractivity contribution in [1.82, 2.24) is 15.0 Å². The molecule has 0 aliphatic rings. The van der Waals surface area contributed by atoms with E-state index in [1.807, 2.05) is 9.97 Å². The maximum Gasteiger partial charge on any atom is 0.422 e. The quantitative estimate of drug-likeness (QED) is 0.239. The predicted octanol–water partition coefficient (Wildman–Crippen LogP) is 8.96. The Kier molecular flexibility index (Phi) is 10.1. The fourth-order valence-electron chi connectivity index (χ4n) is 3.19. The van der Waals surface area contributed by atoms with Crippen LogP contribution in [0.1, 0.15) is 28.1 Å². The molecule has 0 radical (unpaired) electrons. The summed E-state index contributed by atoms with van der Waals surface area (Å²) in [6.07, 6.45) is -31.4. The molecule has 1 heterocycles. The van der Waals surface area contributed by atoms with Crippen LogP contribution in [0.4, 0.5) is 101 Å². The Morgan fingerprint density at radius 3 is 1.06 bits per heavy atom. The number of rotatable bonds is 9. The maximum atomic E-state index is 14.8. The molecular formula is C20H6F23N3O2. The van der Waals surface area contributed by atoms with E-state index < -0.39 is 120 Å². The fourth-order valence-corrected chi connectivity index (χ4v) is 3.19. The molecule has 0 aliphatic carbocycles. The Morgan fingerprint density at radius 1 is 0.438 bits per heavy atom. The van der Waals surface area contributed by atoms with Crippen LogP contribution in [0.15, 0.2) is 12.1 Å². The molecule has 0 atom stereocenters. The lowest BCUT2D eigenvalue weighted by molar-refractivity contribution is -0.376. The molecule has 2 aromatic rings. The first-order valence-electron chi connectivity index (χ1n) is 11.0. The zero-order valence-corrected chi connectivity index (χ0v) is 21.4. The number of benzene rings is 1. The molecule has 0 saturated carbocycles. The van der Waals surface area contributed by atoms with Gasteiger partial charge in [0.05, 0.1) is 16.7 Å². The monoisotopic (exact) mass is 757 g/mol. The van der Waals surface area contributed by atoms with Crippen molar-refractivity contribution in [2.75, 3.05) is 13.2 Å². The van der Waals surface area contributed by atoms with Crippen molar-refractivity contribution in [2.24, 2.45) is 0 Å². The number of halogens is 23. The topological polar surface area (TPSA) is 57.1 Å². The average Bonchev–Trinajstić information content (AvgIpc) is 2.87. The molecule has 274 valence electrons. The number of nitrogens with zero attached hydrogens (tertiary/aromatic N) is 3. The van der Waals surface area contributed by atoms with Crippen molar-refractivity contribution in [3.05, 3.63) is 40.2 Å². The molecule has 0 unspecified atom stereocenters. The summed E-state index contributed by atoms with van der Waals surface area (Å²) in [5, 5.41) is 0. The molecular weight excluding hydrogens is 751 g/mol. The maximum absolute atomic E-state index is 14.8. The van der Waals surface area contributed by atoms with E-state index in [4.69, 9.17) is 0 Å². The predicted molar refractivity (Wildman–Crippen MR) is 102 cm³/mol. The lowest BCUT2D eigenvalue weighted by Crippen LogP contribution is -2.60. The van der Waals surface area contributed by atoms with E-state index in [0.29, 0.717) is 0 Å². The van der Waals surface area contributed by atoms with E-state index in [0.717, 1.165) is 0 Å². The zero-order valence-electron chi connectivity index (χ0n) is 21.4. The summed E-state index contributed by atoms with van der Waals surface area (Å²) in [7, 11) is 0. The van der Waals surface area contributed by atoms with Gasteiger partial charge in [-0.05, 0) is 12.1 Å². The minimum absolute atomic E-state index is 1.84. The van der Waals surface area contributed by atoms with Crippen LogP contribution in [0.5, 0.6) is 12.0 Å². The number of hydrogen-bond donors (Lipinski definition) is 0. The Morgan fingerprint density at radius 2 is 0.771 bits per heavy atom. The van der Waals surface area contributed by atoms with Crippen molar-refractivity contribution >= 4 is 0 Å². The molecule has 0 fully saturated rings. The van der Waals surface area contributed by atoms with Crippen molar-refractivity contribution in [2.45, 2.75) is 54.6 Å². The second-order valence-electron chi connectivity index (χ2n) is 8.77. The third-order valence-corrected chi connectivity index (χ3v) is 5.18.